The van der Waals surface area contributed by atoms with Crippen LogP contribution in [0.5, 0.6) is 0 Å². The minimum atomic E-state index is -0.754. The normalized spacial score (nSPS) is 13.8. The smallest absolute Gasteiger partial charge is 0.395 e. The van der Waals surface area contributed by atoms with Gasteiger partial charge in [0.15, 0.2) is 5.76 Å². The maximum atomic E-state index is 12.2. The predicted molar refractivity (Wildman–Crippen MR) is 86.5 cm³/mol. The Labute approximate surface area is 145 Å². The Kier molecular flexibility index (Phi) is 4.35. The summed E-state index contributed by atoms with van der Waals surface area (Å²) in [5.41, 5.74) is -0.148. The summed E-state index contributed by atoms with van der Waals surface area (Å²) in [6, 6.07) is 8.01. The van der Waals surface area contributed by atoms with Crippen molar-refractivity contribution >= 4 is 29.1 Å². The van der Waals surface area contributed by atoms with Crippen LogP contribution >= 0.6 is 0 Å². The van der Waals surface area contributed by atoms with E-state index < -0.39 is 33.5 Å². The van der Waals surface area contributed by atoms with E-state index in [1.54, 1.807) is 6.07 Å². The first-order chi connectivity index (χ1) is 12.4. The van der Waals surface area contributed by atoms with Gasteiger partial charge in [-0.2, -0.15) is 0 Å². The zero-order valence-electron chi connectivity index (χ0n) is 13.2. The van der Waals surface area contributed by atoms with E-state index in [-0.39, 0.29) is 30.2 Å². The summed E-state index contributed by atoms with van der Waals surface area (Å²) in [6.07, 6.45) is 0. The van der Waals surface area contributed by atoms with Crippen molar-refractivity contribution in [2.24, 2.45) is 5.92 Å². The number of nitro benzene ring substituents is 1. The Morgan fingerprint density at radius 3 is 2.38 bits per heavy atom. The van der Waals surface area contributed by atoms with Crippen molar-refractivity contribution in [2.45, 2.75) is 0 Å². The number of benzene rings is 1. The van der Waals surface area contributed by atoms with E-state index in [0.717, 1.165) is 6.07 Å². The molecule has 0 saturated carbocycles. The molecule has 2 aromatic rings. The molecule has 26 heavy (non-hydrogen) atoms. The van der Waals surface area contributed by atoms with Crippen molar-refractivity contribution in [3.8, 4) is 0 Å². The molecule has 11 nitrogen and oxygen atoms in total. The molecular weight excluding hydrogens is 348 g/mol. The highest BCUT2D eigenvalue weighted by Gasteiger charge is 2.38. The van der Waals surface area contributed by atoms with Crippen molar-refractivity contribution < 1.29 is 23.9 Å². The van der Waals surface area contributed by atoms with Gasteiger partial charge < -0.3 is 14.6 Å². The molecule has 1 N–H and O–H groups in total. The van der Waals surface area contributed by atoms with E-state index in [1.165, 1.54) is 29.2 Å². The third-order valence-corrected chi connectivity index (χ3v) is 3.88. The van der Waals surface area contributed by atoms with Crippen LogP contribution in [0.25, 0.3) is 0 Å². The topological polar surface area (TPSA) is 149 Å². The van der Waals surface area contributed by atoms with E-state index in [0.29, 0.717) is 0 Å². The van der Waals surface area contributed by atoms with Crippen LogP contribution in [-0.2, 0) is 4.79 Å². The predicted octanol–water partition coefficient (Wildman–Crippen LogP) is 1.81. The molecule has 134 valence electrons. The average Bonchev–Trinajstić information content (AvgIpc) is 3.04. The molecule has 1 fully saturated rings. The Bertz CT molecular complexity index is 901. The second-order valence-electron chi connectivity index (χ2n) is 5.57. The Morgan fingerprint density at radius 1 is 1.08 bits per heavy atom. The van der Waals surface area contributed by atoms with Gasteiger partial charge in [0.2, 0.25) is 5.91 Å². The van der Waals surface area contributed by atoms with E-state index in [4.69, 9.17) is 4.42 Å². The second-order valence-corrected chi connectivity index (χ2v) is 5.57. The highest BCUT2D eigenvalue weighted by atomic mass is 16.6. The molecule has 1 saturated heterocycles. The monoisotopic (exact) mass is 360 g/mol. The van der Waals surface area contributed by atoms with E-state index >= 15 is 0 Å². The molecule has 0 aliphatic carbocycles. The molecule has 2 amide bonds. The second kappa shape index (κ2) is 6.63. The van der Waals surface area contributed by atoms with Gasteiger partial charge in [0.25, 0.3) is 11.6 Å². The van der Waals surface area contributed by atoms with Crippen LogP contribution in [0.2, 0.25) is 0 Å². The van der Waals surface area contributed by atoms with Crippen molar-refractivity contribution in [1.82, 2.24) is 4.90 Å². The lowest BCUT2D eigenvalue weighted by Gasteiger charge is -2.37. The number of para-hydroxylation sites is 2. The third-order valence-electron chi connectivity index (χ3n) is 3.88. The fraction of sp³-hybridized carbons (Fsp3) is 0.200. The number of amides is 2. The highest BCUT2D eigenvalue weighted by molar-refractivity contribution is 5.98. The van der Waals surface area contributed by atoms with Crippen molar-refractivity contribution in [2.75, 3.05) is 18.4 Å². The minimum absolute atomic E-state index is 0.0777. The highest BCUT2D eigenvalue weighted by Crippen LogP contribution is 2.26. The number of carbonyl (C=O) groups is 2. The number of hydrogen-bond acceptors (Lipinski definition) is 7. The average molecular weight is 360 g/mol. The van der Waals surface area contributed by atoms with Crippen LogP contribution in [0.4, 0.5) is 17.3 Å². The standard InChI is InChI=1S/C15H12N4O7/c20-14(16-10-3-1-2-4-11(10)18(22)23)9-7-17(8-9)15(21)12-5-6-13(26-12)19(24)25/h1-6,9H,7-8H2,(H,16,20). The fourth-order valence-corrected chi connectivity index (χ4v) is 2.48. The number of anilines is 1. The number of nitrogens with zero attached hydrogens (tertiary/aromatic N) is 3. The summed E-state index contributed by atoms with van der Waals surface area (Å²) >= 11 is 0. The van der Waals surface area contributed by atoms with Crippen LogP contribution in [0.1, 0.15) is 10.6 Å². The number of nitrogens with one attached hydrogen (secondary N) is 1. The van der Waals surface area contributed by atoms with Crippen LogP contribution in [0, 0.1) is 26.1 Å². The van der Waals surface area contributed by atoms with Gasteiger partial charge in [-0.25, -0.2) is 0 Å². The van der Waals surface area contributed by atoms with Gasteiger partial charge in [0.05, 0.1) is 16.9 Å². The number of nitro groups is 2. The lowest BCUT2D eigenvalue weighted by molar-refractivity contribution is -0.402. The van der Waals surface area contributed by atoms with Gasteiger partial charge in [-0.15, -0.1) is 0 Å². The van der Waals surface area contributed by atoms with Crippen LogP contribution in [-0.4, -0.2) is 39.7 Å². The quantitative estimate of drug-likeness (QED) is 0.631. The molecule has 1 aliphatic heterocycles. The van der Waals surface area contributed by atoms with Crippen LogP contribution in [0.3, 0.4) is 0 Å². The Morgan fingerprint density at radius 2 is 1.77 bits per heavy atom. The fourth-order valence-electron chi connectivity index (χ4n) is 2.48. The number of carbonyl (C=O) groups excluding carboxylic acids is 2. The van der Waals surface area contributed by atoms with Gasteiger partial charge in [0, 0.05) is 19.2 Å². The molecule has 0 atom stereocenters. The van der Waals surface area contributed by atoms with Crippen LogP contribution < -0.4 is 5.32 Å². The summed E-state index contributed by atoms with van der Waals surface area (Å²) in [6.45, 7) is 0.166. The Hall–Kier alpha value is -3.76. The lowest BCUT2D eigenvalue weighted by Crippen LogP contribution is -2.54. The van der Waals surface area contributed by atoms with Gasteiger partial charge >= 0.3 is 5.88 Å². The van der Waals surface area contributed by atoms with E-state index in [9.17, 15) is 29.8 Å². The zero-order chi connectivity index (χ0) is 18.8. The number of rotatable bonds is 5. The molecule has 0 spiro atoms. The molecule has 11 heteroatoms. The summed E-state index contributed by atoms with van der Waals surface area (Å²) in [5.74, 6) is -2.28. The Balaban J connectivity index is 1.59. The van der Waals surface area contributed by atoms with Gasteiger partial charge in [-0.3, -0.25) is 29.8 Å². The summed E-state index contributed by atoms with van der Waals surface area (Å²) in [7, 11) is 0. The summed E-state index contributed by atoms with van der Waals surface area (Å²) < 4.78 is 4.83. The first kappa shape index (κ1) is 17.1. The van der Waals surface area contributed by atoms with Gasteiger partial charge in [0.1, 0.15) is 10.6 Å². The molecular formula is C15H12N4O7. The number of hydrogen-bond donors (Lipinski definition) is 1. The molecule has 1 aromatic carbocycles. The SMILES string of the molecule is O=C(Nc1ccccc1[N+](=O)[O-])C1CN(C(=O)c2ccc([N+](=O)[O-])o2)C1. The molecule has 0 unspecified atom stereocenters. The summed E-state index contributed by atoms with van der Waals surface area (Å²) in [4.78, 5) is 45.8. The lowest BCUT2D eigenvalue weighted by atomic mass is 9.98. The first-order valence-electron chi connectivity index (χ1n) is 7.44. The molecule has 1 aliphatic rings. The van der Waals surface area contributed by atoms with Crippen molar-refractivity contribution in [3.63, 3.8) is 0 Å². The first-order valence-corrected chi connectivity index (χ1v) is 7.44. The largest absolute Gasteiger partial charge is 0.433 e. The minimum Gasteiger partial charge on any atom is -0.395 e. The molecule has 0 radical (unpaired) electrons. The molecule has 1 aromatic heterocycles. The maximum Gasteiger partial charge on any atom is 0.433 e. The van der Waals surface area contributed by atoms with Crippen molar-refractivity contribution in [1.29, 1.82) is 0 Å². The summed E-state index contributed by atoms with van der Waals surface area (Å²) in [5, 5.41) is 24.0. The molecule has 0 bridgehead atoms. The molecule has 3 rings (SSSR count). The van der Waals surface area contributed by atoms with E-state index in [1.807, 2.05) is 0 Å². The van der Waals surface area contributed by atoms with Crippen molar-refractivity contribution in [3.05, 3.63) is 62.4 Å². The number of furan rings is 1. The van der Waals surface area contributed by atoms with Gasteiger partial charge in [-0.1, -0.05) is 12.1 Å². The maximum absolute atomic E-state index is 12.2. The molecule has 2 heterocycles. The number of likely N-dealkylation sites (tertiary alicyclic amines) is 1. The third kappa shape index (κ3) is 3.22. The van der Waals surface area contributed by atoms with E-state index in [2.05, 4.69) is 5.32 Å². The zero-order valence-corrected chi connectivity index (χ0v) is 13.2. The van der Waals surface area contributed by atoms with Crippen LogP contribution in [0.15, 0.2) is 40.8 Å². The van der Waals surface area contributed by atoms with Gasteiger partial charge in [-0.05, 0) is 12.1 Å².